The Labute approximate surface area is 163 Å². The first-order valence-electron chi connectivity index (χ1n) is 8.78. The first-order valence-corrected chi connectivity index (χ1v) is 8.78. The Morgan fingerprint density at radius 1 is 0.931 bits per heavy atom. The van der Waals surface area contributed by atoms with E-state index in [2.05, 4.69) is 20.3 Å². The van der Waals surface area contributed by atoms with Crippen LogP contribution in [0.4, 0.5) is 4.39 Å². The maximum Gasteiger partial charge on any atom is 0.258 e. The van der Waals surface area contributed by atoms with E-state index in [4.69, 9.17) is 13.7 Å². The van der Waals surface area contributed by atoms with Gasteiger partial charge in [0.2, 0.25) is 5.89 Å². The molecule has 0 unspecified atom stereocenters. The van der Waals surface area contributed by atoms with Gasteiger partial charge in [-0.2, -0.15) is 0 Å². The number of ether oxygens (including phenoxy) is 1. The molecule has 0 saturated heterocycles. The molecule has 2 aromatic carbocycles. The highest BCUT2D eigenvalue weighted by Crippen LogP contribution is 2.30. The fourth-order valence-electron chi connectivity index (χ4n) is 2.86. The van der Waals surface area contributed by atoms with Gasteiger partial charge < -0.3 is 13.7 Å². The zero-order valence-corrected chi connectivity index (χ0v) is 14.9. The average molecular weight is 388 g/mol. The number of halogens is 1. The molecule has 0 spiro atoms. The van der Waals surface area contributed by atoms with Crippen molar-refractivity contribution in [3.63, 3.8) is 0 Å². The Morgan fingerprint density at radius 2 is 1.76 bits per heavy atom. The van der Waals surface area contributed by atoms with E-state index in [0.29, 0.717) is 28.6 Å². The van der Waals surface area contributed by atoms with E-state index in [0.717, 1.165) is 10.9 Å². The molecule has 29 heavy (non-hydrogen) atoms. The molecular formula is C21H13FN4O3. The summed E-state index contributed by atoms with van der Waals surface area (Å²) < 4.78 is 29.5. The van der Waals surface area contributed by atoms with Crippen LogP contribution in [0.25, 0.3) is 33.8 Å². The molecule has 0 amide bonds. The summed E-state index contributed by atoms with van der Waals surface area (Å²) in [5, 5.41) is 12.9. The van der Waals surface area contributed by atoms with E-state index in [1.54, 1.807) is 6.20 Å². The second kappa shape index (κ2) is 7.16. The molecule has 0 radical (unpaired) electrons. The van der Waals surface area contributed by atoms with Crippen LogP contribution < -0.4 is 4.74 Å². The quantitative estimate of drug-likeness (QED) is 0.433. The van der Waals surface area contributed by atoms with Crippen LogP contribution in [0.5, 0.6) is 5.75 Å². The van der Waals surface area contributed by atoms with Crippen molar-refractivity contribution in [2.75, 3.05) is 0 Å². The number of pyridine rings is 1. The molecule has 0 saturated carbocycles. The van der Waals surface area contributed by atoms with Gasteiger partial charge in [-0.1, -0.05) is 35.5 Å². The predicted octanol–water partition coefficient (Wildman–Crippen LogP) is 4.66. The van der Waals surface area contributed by atoms with Crippen LogP contribution in [0.2, 0.25) is 0 Å². The number of aromatic nitrogens is 4. The Morgan fingerprint density at radius 3 is 2.59 bits per heavy atom. The van der Waals surface area contributed by atoms with Gasteiger partial charge in [-0.3, -0.25) is 0 Å². The Bertz CT molecular complexity index is 1270. The molecule has 3 aromatic heterocycles. The molecule has 0 fully saturated rings. The summed E-state index contributed by atoms with van der Waals surface area (Å²) in [6.45, 7) is 0.0663. The van der Waals surface area contributed by atoms with Gasteiger partial charge in [-0.15, -0.1) is 10.2 Å². The summed E-state index contributed by atoms with van der Waals surface area (Å²) in [6, 6.07) is 17.2. The third-order valence-corrected chi connectivity index (χ3v) is 4.27. The fraction of sp³-hybridized carbons (Fsp3) is 0.0476. The smallest absolute Gasteiger partial charge is 0.258 e. The van der Waals surface area contributed by atoms with Gasteiger partial charge in [0.05, 0.1) is 10.9 Å². The maximum atomic E-state index is 13.0. The molecule has 0 aliphatic carbocycles. The maximum absolute atomic E-state index is 13.0. The minimum absolute atomic E-state index is 0.0663. The third-order valence-electron chi connectivity index (χ3n) is 4.27. The molecule has 5 rings (SSSR count). The number of fused-ring (bicyclic) bond motifs is 1. The molecule has 0 N–H and O–H groups in total. The van der Waals surface area contributed by atoms with Crippen molar-refractivity contribution in [1.29, 1.82) is 0 Å². The Hall–Kier alpha value is -4.07. The fourth-order valence-corrected chi connectivity index (χ4v) is 2.86. The number of benzene rings is 2. The van der Waals surface area contributed by atoms with Crippen LogP contribution >= 0.6 is 0 Å². The highest BCUT2D eigenvalue weighted by atomic mass is 19.1. The lowest BCUT2D eigenvalue weighted by Crippen LogP contribution is -1.95. The minimum Gasteiger partial charge on any atom is -0.484 e. The van der Waals surface area contributed by atoms with Crippen molar-refractivity contribution >= 4 is 11.1 Å². The van der Waals surface area contributed by atoms with E-state index >= 15 is 0 Å². The summed E-state index contributed by atoms with van der Waals surface area (Å²) >= 11 is 0. The number of hydrogen-bond acceptors (Lipinski definition) is 7. The zero-order valence-electron chi connectivity index (χ0n) is 14.9. The van der Waals surface area contributed by atoms with E-state index in [1.165, 1.54) is 24.3 Å². The van der Waals surface area contributed by atoms with Crippen LogP contribution in [0, 0.1) is 5.82 Å². The summed E-state index contributed by atoms with van der Waals surface area (Å²) in [7, 11) is 0. The van der Waals surface area contributed by atoms with Crippen LogP contribution in [-0.2, 0) is 6.61 Å². The monoisotopic (exact) mass is 388 g/mol. The number of hydrogen-bond donors (Lipinski definition) is 0. The highest BCUT2D eigenvalue weighted by Gasteiger charge is 2.16. The molecule has 8 heteroatoms. The van der Waals surface area contributed by atoms with E-state index in [-0.39, 0.29) is 18.3 Å². The lowest BCUT2D eigenvalue weighted by atomic mass is 10.1. The average Bonchev–Trinajstić information content (AvgIpc) is 3.41. The van der Waals surface area contributed by atoms with Crippen LogP contribution in [0.15, 0.2) is 75.8 Å². The van der Waals surface area contributed by atoms with Gasteiger partial charge in [0.25, 0.3) is 11.6 Å². The number of rotatable bonds is 5. The zero-order chi connectivity index (χ0) is 19.6. The van der Waals surface area contributed by atoms with Gasteiger partial charge in [-0.05, 0) is 30.3 Å². The van der Waals surface area contributed by atoms with E-state index < -0.39 is 0 Å². The molecule has 0 aliphatic rings. The molecule has 5 aromatic rings. The standard InChI is InChI=1S/C21H13FN4O3/c22-15-6-8-16(9-7-15)27-12-18-24-25-20(28-18)14-10-17-19(13-4-2-1-3-5-13)26-29-21(17)23-11-14/h1-11H,12H2. The molecule has 3 heterocycles. The summed E-state index contributed by atoms with van der Waals surface area (Å²) in [6.07, 6.45) is 1.58. The van der Waals surface area contributed by atoms with Crippen molar-refractivity contribution in [3.8, 4) is 28.5 Å². The highest BCUT2D eigenvalue weighted by molar-refractivity contribution is 5.91. The molecule has 142 valence electrons. The first kappa shape index (κ1) is 17.1. The SMILES string of the molecule is Fc1ccc(OCc2nnc(-c3cnc4onc(-c5ccccc5)c4c3)o2)cc1. The molecule has 0 atom stereocenters. The molecule has 7 nitrogen and oxygen atoms in total. The second-order valence-corrected chi connectivity index (χ2v) is 6.22. The minimum atomic E-state index is -0.330. The topological polar surface area (TPSA) is 87.1 Å². The van der Waals surface area contributed by atoms with Crippen molar-refractivity contribution in [1.82, 2.24) is 20.3 Å². The molecule has 0 bridgehead atoms. The van der Waals surface area contributed by atoms with E-state index in [1.807, 2.05) is 36.4 Å². The van der Waals surface area contributed by atoms with Gasteiger partial charge in [-0.25, -0.2) is 9.37 Å². The van der Waals surface area contributed by atoms with Gasteiger partial charge in [0.15, 0.2) is 6.61 Å². The van der Waals surface area contributed by atoms with Crippen LogP contribution in [0.3, 0.4) is 0 Å². The summed E-state index contributed by atoms with van der Waals surface area (Å²) in [5.74, 6) is 0.769. The van der Waals surface area contributed by atoms with E-state index in [9.17, 15) is 4.39 Å². The Kier molecular flexibility index (Phi) is 4.21. The first-order chi connectivity index (χ1) is 14.3. The van der Waals surface area contributed by atoms with Crippen molar-refractivity contribution in [3.05, 3.63) is 78.6 Å². The van der Waals surface area contributed by atoms with Gasteiger partial charge in [0, 0.05) is 11.8 Å². The summed E-state index contributed by atoms with van der Waals surface area (Å²) in [5.41, 5.74) is 2.67. The largest absolute Gasteiger partial charge is 0.484 e. The van der Waals surface area contributed by atoms with Gasteiger partial charge >= 0.3 is 0 Å². The number of nitrogens with zero attached hydrogens (tertiary/aromatic N) is 4. The Balaban J connectivity index is 1.40. The molecular weight excluding hydrogens is 375 g/mol. The second-order valence-electron chi connectivity index (χ2n) is 6.22. The van der Waals surface area contributed by atoms with Crippen molar-refractivity contribution in [2.24, 2.45) is 0 Å². The van der Waals surface area contributed by atoms with Crippen LogP contribution in [0.1, 0.15) is 5.89 Å². The third kappa shape index (κ3) is 3.43. The predicted molar refractivity (Wildman–Crippen MR) is 101 cm³/mol. The lowest BCUT2D eigenvalue weighted by molar-refractivity contribution is 0.264. The summed E-state index contributed by atoms with van der Waals surface area (Å²) in [4.78, 5) is 4.29. The lowest BCUT2D eigenvalue weighted by Gasteiger charge is -2.02. The van der Waals surface area contributed by atoms with Crippen molar-refractivity contribution in [2.45, 2.75) is 6.61 Å². The normalized spacial score (nSPS) is 11.1. The van der Waals surface area contributed by atoms with Crippen molar-refractivity contribution < 1.29 is 18.1 Å². The van der Waals surface area contributed by atoms with Gasteiger partial charge in [0.1, 0.15) is 17.3 Å². The molecule has 0 aliphatic heterocycles. The van der Waals surface area contributed by atoms with Crippen LogP contribution in [-0.4, -0.2) is 20.3 Å².